The van der Waals surface area contributed by atoms with Crippen molar-refractivity contribution >= 4 is 23.0 Å². The largest absolute Gasteiger partial charge is 0.460 e. The highest BCUT2D eigenvalue weighted by molar-refractivity contribution is 7.87. The van der Waals surface area contributed by atoms with Crippen LogP contribution in [0.2, 0.25) is 0 Å². The molecule has 0 amide bonds. The smallest absolute Gasteiger partial charge is 0.251 e. The molecule has 3 rings (SSSR count). The van der Waals surface area contributed by atoms with E-state index in [4.69, 9.17) is 5.26 Å². The van der Waals surface area contributed by atoms with Crippen LogP contribution in [-0.2, 0) is 0 Å². The second kappa shape index (κ2) is 12.0. The number of hydrogen-bond donors (Lipinski definition) is 0. The van der Waals surface area contributed by atoms with Crippen LogP contribution in [-0.4, -0.2) is 41.7 Å². The van der Waals surface area contributed by atoms with Crippen LogP contribution in [0.5, 0.6) is 0 Å². The summed E-state index contributed by atoms with van der Waals surface area (Å²) in [6, 6.07) is 20.2. The molecule has 0 N–H and O–H groups in total. The Hall–Kier alpha value is -3.93. The van der Waals surface area contributed by atoms with Crippen molar-refractivity contribution in [1.82, 2.24) is 0 Å². The number of rotatable bonds is 10. The normalized spacial score (nSPS) is 14.5. The molecule has 0 spiro atoms. The molecule has 18 heteroatoms. The summed E-state index contributed by atoms with van der Waals surface area (Å²) in [4.78, 5) is 0. The first-order valence-electron chi connectivity index (χ1n) is 12.2. The van der Waals surface area contributed by atoms with Gasteiger partial charge in [0.05, 0.1) is 13.1 Å². The van der Waals surface area contributed by atoms with Crippen molar-refractivity contribution in [2.75, 3.05) is 0 Å². The Morgan fingerprint density at radius 2 is 0.804 bits per heavy atom. The van der Waals surface area contributed by atoms with E-state index in [0.29, 0.717) is 0 Å². The van der Waals surface area contributed by atoms with Crippen LogP contribution < -0.4 is 15.9 Å². The summed E-state index contributed by atoms with van der Waals surface area (Å²) in [6.07, 6.45) is -8.31. The monoisotopic (exact) mass is 696 g/mol. The summed E-state index contributed by atoms with van der Waals surface area (Å²) in [6.45, 7) is 0. The van der Waals surface area contributed by atoms with E-state index < -0.39 is 60.5 Å². The van der Waals surface area contributed by atoms with Crippen molar-refractivity contribution < 1.29 is 65.9 Å². The second-order valence-corrected chi connectivity index (χ2v) is 12.4. The first-order valence-corrected chi connectivity index (χ1v) is 14.0. The predicted octanol–water partition coefficient (Wildman–Crippen LogP) is 8.95. The van der Waals surface area contributed by atoms with E-state index in [1.807, 2.05) is 0 Å². The maximum absolute atomic E-state index is 15.6. The first kappa shape index (κ1) is 36.5. The van der Waals surface area contributed by atoms with Gasteiger partial charge < -0.3 is 0 Å². The van der Waals surface area contributed by atoms with Gasteiger partial charge in [-0.3, -0.25) is 4.74 Å². The van der Waals surface area contributed by atoms with E-state index in [-0.39, 0.29) is 15.9 Å². The molecule has 0 aliphatic carbocycles. The van der Waals surface area contributed by atoms with Crippen molar-refractivity contribution in [2.24, 2.45) is 4.74 Å². The zero-order valence-corrected chi connectivity index (χ0v) is 23.1. The Kier molecular flexibility index (Phi) is 9.55. The van der Waals surface area contributed by atoms with E-state index in [2.05, 4.69) is 4.74 Å². The van der Waals surface area contributed by atoms with E-state index in [0.717, 1.165) is 6.07 Å². The molecule has 0 bridgehead atoms. The molecule has 0 aliphatic heterocycles. The lowest BCUT2D eigenvalue weighted by atomic mass is 9.90. The minimum atomic E-state index is -8.48. The number of allylic oxidation sites excluding steroid dienone is 2. The lowest BCUT2D eigenvalue weighted by Gasteiger charge is -2.41. The molecular weight excluding hydrogens is 680 g/mol. The molecule has 0 heterocycles. The topological polar surface area (TPSA) is 36.1 Å². The van der Waals surface area contributed by atoms with Crippen LogP contribution in [0.15, 0.2) is 108 Å². The minimum absolute atomic E-state index is 0.0798. The second-order valence-electron chi connectivity index (χ2n) is 9.34. The van der Waals surface area contributed by atoms with Crippen molar-refractivity contribution in [1.29, 1.82) is 5.26 Å². The van der Waals surface area contributed by atoms with Gasteiger partial charge in [0.15, 0.2) is 0 Å². The van der Waals surface area contributed by atoms with Gasteiger partial charge in [-0.05, 0) is 0 Å². The third kappa shape index (κ3) is 5.44. The summed E-state index contributed by atoms with van der Waals surface area (Å²) in [5.41, 5.74) is -2.70. The quantitative estimate of drug-likeness (QED) is 0.119. The molecule has 3 aromatic rings. The van der Waals surface area contributed by atoms with Gasteiger partial charge in [-0.25, -0.2) is 0 Å². The molecule has 0 radical (unpaired) electrons. The van der Waals surface area contributed by atoms with E-state index in [1.165, 1.54) is 91.0 Å². The third-order valence-electron chi connectivity index (χ3n) is 6.50. The summed E-state index contributed by atoms with van der Waals surface area (Å²) in [5, 5.41) is 8.89. The van der Waals surface area contributed by atoms with Gasteiger partial charge in [-0.2, -0.15) is 71.1 Å². The zero-order chi connectivity index (χ0) is 35.0. The molecule has 0 aliphatic rings. The summed E-state index contributed by atoms with van der Waals surface area (Å²) in [7, 11) is -4.24. The molecule has 248 valence electrons. The maximum Gasteiger partial charge on any atom is 0.460 e. The number of nitriles is 1. The van der Waals surface area contributed by atoms with Gasteiger partial charge >= 0.3 is 41.7 Å². The van der Waals surface area contributed by atoms with Crippen LogP contribution in [0.25, 0.3) is 0 Å². The molecule has 0 saturated heterocycles. The zero-order valence-electron chi connectivity index (χ0n) is 22.2. The molecule has 3 aromatic carbocycles. The molecule has 0 aromatic heterocycles. The lowest BCUT2D eigenvalue weighted by molar-refractivity contribution is -0.450. The lowest BCUT2D eigenvalue weighted by Crippen LogP contribution is -2.72. The van der Waals surface area contributed by atoms with Crippen molar-refractivity contribution in [3.63, 3.8) is 0 Å². The SMILES string of the molecule is N#C/C=C(/N=P(c1ccccc1)(c1ccccc1)c1ccccc1)C(F)(F)C(F)(F)C(F)(F)C(F)(F)C(F)(F)C(F)(F)C(F)(F)F. The van der Waals surface area contributed by atoms with Gasteiger partial charge in [-0.1, -0.05) is 91.0 Å². The van der Waals surface area contributed by atoms with Gasteiger partial charge in [-0.15, -0.1) is 0 Å². The fraction of sp³-hybridized carbons (Fsp3) is 0.250. The average Bonchev–Trinajstić information content (AvgIpc) is 2.99. The summed E-state index contributed by atoms with van der Waals surface area (Å²) in [5.74, 6) is -48.1. The van der Waals surface area contributed by atoms with E-state index in [9.17, 15) is 48.3 Å². The molecule has 0 atom stereocenters. The summed E-state index contributed by atoms with van der Waals surface area (Å²) < 4.78 is 214. The van der Waals surface area contributed by atoms with Crippen molar-refractivity contribution in [3.05, 3.63) is 103 Å². The van der Waals surface area contributed by atoms with Gasteiger partial charge in [0.1, 0.15) is 5.70 Å². The highest BCUT2D eigenvalue weighted by Crippen LogP contribution is 2.64. The fourth-order valence-electron chi connectivity index (χ4n) is 4.08. The number of alkyl halides is 15. The molecule has 0 fully saturated rings. The van der Waals surface area contributed by atoms with Crippen LogP contribution in [0.3, 0.4) is 0 Å². The number of halogens is 15. The number of hydrogen-bond acceptors (Lipinski definition) is 2. The minimum Gasteiger partial charge on any atom is -0.251 e. The fourth-order valence-corrected chi connectivity index (χ4v) is 7.64. The molecule has 46 heavy (non-hydrogen) atoms. The Balaban J connectivity index is 2.44. The number of nitrogens with zero attached hydrogens (tertiary/aromatic N) is 2. The summed E-state index contributed by atoms with van der Waals surface area (Å²) >= 11 is 0. The van der Waals surface area contributed by atoms with Crippen molar-refractivity contribution in [2.45, 2.75) is 41.7 Å². The molecule has 0 unspecified atom stereocenters. The van der Waals surface area contributed by atoms with Gasteiger partial charge in [0, 0.05) is 22.0 Å². The van der Waals surface area contributed by atoms with E-state index >= 15 is 17.6 Å². The Morgan fingerprint density at radius 3 is 1.11 bits per heavy atom. The van der Waals surface area contributed by atoms with Crippen LogP contribution in [0, 0.1) is 11.3 Å². The Labute approximate surface area is 249 Å². The van der Waals surface area contributed by atoms with Crippen LogP contribution >= 0.6 is 7.05 Å². The third-order valence-corrected chi connectivity index (χ3v) is 10.1. The molecular formula is C28H16F15N2P. The Morgan fingerprint density at radius 1 is 0.500 bits per heavy atom. The van der Waals surface area contributed by atoms with Crippen LogP contribution in [0.1, 0.15) is 0 Å². The Bertz CT molecular complexity index is 1540. The van der Waals surface area contributed by atoms with E-state index in [1.54, 1.807) is 0 Å². The highest BCUT2D eigenvalue weighted by atomic mass is 31.2. The average molecular weight is 696 g/mol. The molecule has 2 nitrogen and oxygen atoms in total. The highest BCUT2D eigenvalue weighted by Gasteiger charge is 2.93. The molecule has 0 saturated carbocycles. The predicted molar refractivity (Wildman–Crippen MR) is 137 cm³/mol. The van der Waals surface area contributed by atoms with Crippen LogP contribution in [0.4, 0.5) is 65.9 Å². The van der Waals surface area contributed by atoms with Crippen molar-refractivity contribution in [3.8, 4) is 6.07 Å². The van der Waals surface area contributed by atoms with Gasteiger partial charge in [0.25, 0.3) is 0 Å². The maximum atomic E-state index is 15.6. The number of benzene rings is 3. The standard InChI is InChI=1S/C28H16F15N2P/c29-22(30,23(31,32)24(33,34)25(35,36)26(37,38)27(39,40)28(41,42)43)21(16-17-44)45-46(18-10-4-1-5-11-18,19-12-6-2-7-13-19)20-14-8-3-9-15-20/h1-16H/b21-16+. The van der Waals surface area contributed by atoms with Gasteiger partial charge in [0.2, 0.25) is 0 Å². The first-order chi connectivity index (χ1) is 21.0.